The van der Waals surface area contributed by atoms with E-state index in [1.54, 1.807) is 24.5 Å². The zero-order chi connectivity index (χ0) is 18.4. The normalized spacial score (nSPS) is 10.1. The molecule has 0 aliphatic carbocycles. The van der Waals surface area contributed by atoms with E-state index in [0.717, 1.165) is 29.5 Å². The van der Waals surface area contributed by atoms with Crippen molar-refractivity contribution >= 4 is 5.97 Å². The molecule has 0 spiro atoms. The number of aliphatic carboxylic acids is 1. The molecule has 2 N–H and O–H groups in total. The largest absolute Gasteiger partial charge is 0.480 e. The number of aliphatic hydroxyl groups excluding tert-OH is 1. The minimum atomic E-state index is -0.970. The summed E-state index contributed by atoms with van der Waals surface area (Å²) < 4.78 is 14.6. The van der Waals surface area contributed by atoms with E-state index in [4.69, 9.17) is 10.2 Å². The van der Waals surface area contributed by atoms with E-state index < -0.39 is 5.97 Å². The maximum absolute atomic E-state index is 13.2. The van der Waals surface area contributed by atoms with Gasteiger partial charge in [0.2, 0.25) is 0 Å². The Hall–Kier alpha value is -3.06. The Morgan fingerprint density at radius 3 is 2.24 bits per heavy atom. The van der Waals surface area contributed by atoms with Gasteiger partial charge in [0.1, 0.15) is 18.1 Å². The minimum Gasteiger partial charge on any atom is -0.480 e. The minimum absolute atomic E-state index is 0.231. The number of hydrogen-bond acceptors (Lipinski definition) is 4. The van der Waals surface area contributed by atoms with Crippen LogP contribution in [0.3, 0.4) is 0 Å². The highest BCUT2D eigenvalue weighted by Crippen LogP contribution is 2.34. The molecule has 0 aliphatic rings. The second-order valence-corrected chi connectivity index (χ2v) is 5.10. The average molecular weight is 343 g/mol. The monoisotopic (exact) mass is 343 g/mol. The number of aliphatic hydroxyl groups is 1. The molecule has 130 valence electrons. The van der Waals surface area contributed by atoms with Gasteiger partial charge in [-0.2, -0.15) is 5.10 Å². The Bertz CT molecular complexity index is 846. The molecule has 3 aromatic rings. The third-order valence-electron chi connectivity index (χ3n) is 3.58. The SMILES string of the molecule is CO.Cc1c(-c2ccncc2)c(-c2ccc(F)cc2)nn1CC(=O)O. The van der Waals surface area contributed by atoms with Crippen LogP contribution >= 0.6 is 0 Å². The highest BCUT2D eigenvalue weighted by atomic mass is 19.1. The smallest absolute Gasteiger partial charge is 0.325 e. The third-order valence-corrected chi connectivity index (χ3v) is 3.58. The molecular formula is C18H18FN3O3. The van der Waals surface area contributed by atoms with Gasteiger partial charge in [0.15, 0.2) is 0 Å². The summed E-state index contributed by atoms with van der Waals surface area (Å²) in [6, 6.07) is 9.65. The molecule has 0 amide bonds. The predicted octanol–water partition coefficient (Wildman–Crippen LogP) is 2.75. The Balaban J connectivity index is 0.00000109. The number of carboxylic acid groups (broad SMARTS) is 1. The number of nitrogens with zero attached hydrogens (tertiary/aromatic N) is 3. The Labute approximate surface area is 144 Å². The lowest BCUT2D eigenvalue weighted by molar-refractivity contribution is -0.137. The maximum atomic E-state index is 13.2. The quantitative estimate of drug-likeness (QED) is 0.760. The van der Waals surface area contributed by atoms with Crippen LogP contribution < -0.4 is 0 Å². The first-order valence-electron chi connectivity index (χ1n) is 7.46. The molecule has 0 aliphatic heterocycles. The summed E-state index contributed by atoms with van der Waals surface area (Å²) in [7, 11) is 1.00. The maximum Gasteiger partial charge on any atom is 0.325 e. The van der Waals surface area contributed by atoms with Gasteiger partial charge in [-0.1, -0.05) is 0 Å². The molecule has 2 aromatic heterocycles. The van der Waals surface area contributed by atoms with E-state index in [1.807, 2.05) is 19.1 Å². The van der Waals surface area contributed by atoms with Gasteiger partial charge >= 0.3 is 5.97 Å². The van der Waals surface area contributed by atoms with Crippen LogP contribution in [0.2, 0.25) is 0 Å². The van der Waals surface area contributed by atoms with Crippen LogP contribution in [0.5, 0.6) is 0 Å². The van der Waals surface area contributed by atoms with Crippen molar-refractivity contribution in [1.29, 1.82) is 0 Å². The summed E-state index contributed by atoms with van der Waals surface area (Å²) in [5.74, 6) is -1.30. The van der Waals surface area contributed by atoms with E-state index in [2.05, 4.69) is 10.1 Å². The fraction of sp³-hybridized carbons (Fsp3) is 0.167. The topological polar surface area (TPSA) is 88.2 Å². The highest BCUT2D eigenvalue weighted by Gasteiger charge is 2.19. The van der Waals surface area contributed by atoms with Gasteiger partial charge in [0.25, 0.3) is 0 Å². The van der Waals surface area contributed by atoms with Crippen molar-refractivity contribution in [2.45, 2.75) is 13.5 Å². The number of benzene rings is 1. The van der Waals surface area contributed by atoms with Crippen molar-refractivity contribution in [3.05, 3.63) is 60.3 Å². The van der Waals surface area contributed by atoms with Crippen molar-refractivity contribution in [3.8, 4) is 22.4 Å². The van der Waals surface area contributed by atoms with Crippen LogP contribution in [-0.4, -0.2) is 38.1 Å². The van der Waals surface area contributed by atoms with E-state index >= 15 is 0 Å². The van der Waals surface area contributed by atoms with Crippen molar-refractivity contribution < 1.29 is 19.4 Å². The molecule has 0 radical (unpaired) electrons. The van der Waals surface area contributed by atoms with Gasteiger partial charge in [0, 0.05) is 36.3 Å². The first kappa shape index (κ1) is 18.3. The molecule has 25 heavy (non-hydrogen) atoms. The lowest BCUT2D eigenvalue weighted by Gasteiger charge is -2.04. The number of rotatable bonds is 4. The number of aromatic nitrogens is 3. The van der Waals surface area contributed by atoms with Crippen LogP contribution in [0.15, 0.2) is 48.8 Å². The second-order valence-electron chi connectivity index (χ2n) is 5.10. The number of halogens is 1. The third kappa shape index (κ3) is 4.07. The van der Waals surface area contributed by atoms with E-state index in [9.17, 15) is 9.18 Å². The van der Waals surface area contributed by atoms with Crippen LogP contribution in [0.1, 0.15) is 5.69 Å². The number of hydrogen-bond donors (Lipinski definition) is 2. The van der Waals surface area contributed by atoms with Gasteiger partial charge in [-0.15, -0.1) is 0 Å². The summed E-state index contributed by atoms with van der Waals surface area (Å²) in [6.07, 6.45) is 3.33. The van der Waals surface area contributed by atoms with Crippen LogP contribution in [-0.2, 0) is 11.3 Å². The van der Waals surface area contributed by atoms with E-state index in [1.165, 1.54) is 16.8 Å². The fourth-order valence-electron chi connectivity index (χ4n) is 2.50. The number of carbonyl (C=O) groups is 1. The molecule has 0 bridgehead atoms. The van der Waals surface area contributed by atoms with Gasteiger partial charge in [-0.3, -0.25) is 14.5 Å². The Morgan fingerprint density at radius 1 is 1.08 bits per heavy atom. The summed E-state index contributed by atoms with van der Waals surface area (Å²) in [5.41, 5.74) is 3.78. The number of pyridine rings is 1. The van der Waals surface area contributed by atoms with Crippen molar-refractivity contribution in [3.63, 3.8) is 0 Å². The van der Waals surface area contributed by atoms with Gasteiger partial charge in [0.05, 0.1) is 0 Å². The fourth-order valence-corrected chi connectivity index (χ4v) is 2.50. The van der Waals surface area contributed by atoms with Crippen LogP contribution in [0, 0.1) is 12.7 Å². The second kappa shape index (κ2) is 8.16. The zero-order valence-electron chi connectivity index (χ0n) is 13.8. The van der Waals surface area contributed by atoms with Crippen LogP contribution in [0.25, 0.3) is 22.4 Å². The van der Waals surface area contributed by atoms with E-state index in [-0.39, 0.29) is 12.4 Å². The highest BCUT2D eigenvalue weighted by molar-refractivity contribution is 5.83. The summed E-state index contributed by atoms with van der Waals surface area (Å²) in [6.45, 7) is 1.59. The standard InChI is InChI=1S/C17H14FN3O2.CH4O/c1-11-16(12-6-8-19-9-7-12)17(20-21(11)10-15(22)23)13-2-4-14(18)5-3-13;1-2/h2-9H,10H2,1H3,(H,22,23);2H,1H3. The van der Waals surface area contributed by atoms with Gasteiger partial charge in [-0.05, 0) is 48.9 Å². The molecule has 2 heterocycles. The molecule has 3 rings (SSSR count). The molecule has 6 nitrogen and oxygen atoms in total. The molecule has 0 unspecified atom stereocenters. The molecule has 0 fully saturated rings. The molecule has 1 aromatic carbocycles. The Kier molecular flexibility index (Phi) is 5.97. The molecule has 0 saturated carbocycles. The van der Waals surface area contributed by atoms with E-state index in [0.29, 0.717) is 5.69 Å². The molecule has 0 atom stereocenters. The summed E-state index contributed by atoms with van der Waals surface area (Å²) in [5, 5.41) is 20.5. The zero-order valence-corrected chi connectivity index (χ0v) is 13.8. The predicted molar refractivity (Wildman–Crippen MR) is 91.4 cm³/mol. The van der Waals surface area contributed by atoms with Gasteiger partial charge < -0.3 is 10.2 Å². The molecular weight excluding hydrogens is 325 g/mol. The molecule has 0 saturated heterocycles. The lowest BCUT2D eigenvalue weighted by atomic mass is 10.0. The lowest BCUT2D eigenvalue weighted by Crippen LogP contribution is -2.11. The van der Waals surface area contributed by atoms with Crippen LogP contribution in [0.4, 0.5) is 4.39 Å². The summed E-state index contributed by atoms with van der Waals surface area (Å²) in [4.78, 5) is 15.0. The first-order chi connectivity index (χ1) is 12.1. The van der Waals surface area contributed by atoms with Crippen molar-refractivity contribution in [2.24, 2.45) is 0 Å². The number of carboxylic acids is 1. The Morgan fingerprint density at radius 2 is 1.68 bits per heavy atom. The van der Waals surface area contributed by atoms with Crippen molar-refractivity contribution in [1.82, 2.24) is 14.8 Å². The van der Waals surface area contributed by atoms with Gasteiger partial charge in [-0.25, -0.2) is 4.39 Å². The summed E-state index contributed by atoms with van der Waals surface area (Å²) >= 11 is 0. The average Bonchev–Trinajstić information content (AvgIpc) is 2.94. The molecule has 7 heteroatoms. The van der Waals surface area contributed by atoms with Crippen molar-refractivity contribution in [2.75, 3.05) is 7.11 Å². The first-order valence-corrected chi connectivity index (χ1v) is 7.46.